The van der Waals surface area contributed by atoms with Gasteiger partial charge in [-0.2, -0.15) is 4.31 Å². The molecular formula is C27H33N3O5S. The van der Waals surface area contributed by atoms with Crippen LogP contribution < -0.4 is 10.1 Å². The minimum absolute atomic E-state index is 0.0165. The molecule has 3 rings (SSSR count). The smallest absolute Gasteiger partial charge is 0.253 e. The number of amides is 1. The Morgan fingerprint density at radius 2 is 1.72 bits per heavy atom. The number of aliphatic hydroxyl groups is 1. The molecule has 0 fully saturated rings. The number of rotatable bonds is 12. The number of methoxy groups -OCH3 is 1. The SMILES string of the molecule is COc1ccc(S(=O)(=O)N(CC(C)C)CC(O)C(Cc2ccccc2)NC(=O)c2cccnc2)cc1. The normalized spacial score (nSPS) is 13.4. The molecule has 192 valence electrons. The summed E-state index contributed by atoms with van der Waals surface area (Å²) in [5, 5.41) is 14.2. The predicted octanol–water partition coefficient (Wildman–Crippen LogP) is 3.14. The summed E-state index contributed by atoms with van der Waals surface area (Å²) in [6.45, 7) is 3.85. The number of hydrogen-bond acceptors (Lipinski definition) is 6. The zero-order valence-corrected chi connectivity index (χ0v) is 21.6. The summed E-state index contributed by atoms with van der Waals surface area (Å²) in [5.41, 5.74) is 1.26. The minimum Gasteiger partial charge on any atom is -0.497 e. The maximum Gasteiger partial charge on any atom is 0.253 e. The molecule has 0 saturated heterocycles. The molecule has 2 aromatic carbocycles. The van der Waals surface area contributed by atoms with Gasteiger partial charge in [0.25, 0.3) is 5.91 Å². The Bertz CT molecular complexity index is 1200. The van der Waals surface area contributed by atoms with Gasteiger partial charge in [0.05, 0.1) is 29.7 Å². The van der Waals surface area contributed by atoms with E-state index in [-0.39, 0.29) is 23.9 Å². The number of aliphatic hydroxyl groups excluding tert-OH is 1. The Morgan fingerprint density at radius 3 is 2.31 bits per heavy atom. The summed E-state index contributed by atoms with van der Waals surface area (Å²) in [4.78, 5) is 17.0. The molecule has 3 aromatic rings. The molecule has 8 nitrogen and oxygen atoms in total. The summed E-state index contributed by atoms with van der Waals surface area (Å²) >= 11 is 0. The molecule has 0 bridgehead atoms. The maximum absolute atomic E-state index is 13.5. The first-order valence-corrected chi connectivity index (χ1v) is 13.2. The Hall–Kier alpha value is -3.27. The van der Waals surface area contributed by atoms with Crippen LogP contribution in [0, 0.1) is 5.92 Å². The lowest BCUT2D eigenvalue weighted by atomic mass is 10.0. The van der Waals surface area contributed by atoms with Crippen LogP contribution >= 0.6 is 0 Å². The number of aromatic nitrogens is 1. The van der Waals surface area contributed by atoms with Crippen LogP contribution in [0.1, 0.15) is 29.8 Å². The van der Waals surface area contributed by atoms with Gasteiger partial charge in [-0.05, 0) is 54.3 Å². The number of sulfonamides is 1. The average molecular weight is 512 g/mol. The topological polar surface area (TPSA) is 109 Å². The summed E-state index contributed by atoms with van der Waals surface area (Å²) in [6, 6.07) is 18.1. The van der Waals surface area contributed by atoms with E-state index >= 15 is 0 Å². The van der Waals surface area contributed by atoms with Gasteiger partial charge in [0.2, 0.25) is 10.0 Å². The molecule has 2 unspecified atom stereocenters. The molecule has 0 saturated carbocycles. The third-order valence-electron chi connectivity index (χ3n) is 5.66. The van der Waals surface area contributed by atoms with Crippen molar-refractivity contribution < 1.29 is 23.1 Å². The van der Waals surface area contributed by atoms with E-state index in [9.17, 15) is 18.3 Å². The van der Waals surface area contributed by atoms with E-state index < -0.39 is 28.1 Å². The number of ether oxygens (including phenoxy) is 1. The van der Waals surface area contributed by atoms with E-state index in [1.807, 2.05) is 44.2 Å². The van der Waals surface area contributed by atoms with Crippen LogP contribution in [0.15, 0.2) is 84.0 Å². The van der Waals surface area contributed by atoms with Gasteiger partial charge in [-0.3, -0.25) is 9.78 Å². The zero-order chi connectivity index (χ0) is 26.1. The highest BCUT2D eigenvalue weighted by Gasteiger charge is 2.31. The van der Waals surface area contributed by atoms with Crippen LogP contribution in [0.5, 0.6) is 5.75 Å². The highest BCUT2D eigenvalue weighted by atomic mass is 32.2. The van der Waals surface area contributed by atoms with Crippen LogP contribution in [0.2, 0.25) is 0 Å². The number of nitrogens with zero attached hydrogens (tertiary/aromatic N) is 2. The van der Waals surface area contributed by atoms with Gasteiger partial charge in [-0.15, -0.1) is 0 Å². The molecule has 1 amide bonds. The first-order chi connectivity index (χ1) is 17.2. The van der Waals surface area contributed by atoms with E-state index in [1.165, 1.54) is 29.7 Å². The molecular weight excluding hydrogens is 478 g/mol. The molecule has 0 aliphatic rings. The van der Waals surface area contributed by atoms with Gasteiger partial charge >= 0.3 is 0 Å². The second-order valence-electron chi connectivity index (χ2n) is 8.97. The van der Waals surface area contributed by atoms with Crippen molar-refractivity contribution in [2.75, 3.05) is 20.2 Å². The highest BCUT2D eigenvalue weighted by molar-refractivity contribution is 7.89. The van der Waals surface area contributed by atoms with Gasteiger partial charge in [-0.25, -0.2) is 8.42 Å². The molecule has 0 aliphatic carbocycles. The van der Waals surface area contributed by atoms with Crippen molar-refractivity contribution >= 4 is 15.9 Å². The van der Waals surface area contributed by atoms with E-state index in [0.717, 1.165) is 5.56 Å². The molecule has 1 aromatic heterocycles. The number of pyridine rings is 1. The van der Waals surface area contributed by atoms with E-state index in [1.54, 1.807) is 30.5 Å². The summed E-state index contributed by atoms with van der Waals surface area (Å²) in [5.74, 6) is 0.171. The van der Waals surface area contributed by atoms with Crippen molar-refractivity contribution in [1.82, 2.24) is 14.6 Å². The minimum atomic E-state index is -3.91. The Morgan fingerprint density at radius 1 is 1.03 bits per heavy atom. The average Bonchev–Trinajstić information content (AvgIpc) is 2.88. The van der Waals surface area contributed by atoms with Crippen LogP contribution in [0.3, 0.4) is 0 Å². The van der Waals surface area contributed by atoms with Crippen molar-refractivity contribution in [2.45, 2.75) is 37.3 Å². The Balaban J connectivity index is 1.87. The van der Waals surface area contributed by atoms with Gasteiger partial charge in [0, 0.05) is 25.5 Å². The molecule has 36 heavy (non-hydrogen) atoms. The number of benzene rings is 2. The first-order valence-electron chi connectivity index (χ1n) is 11.8. The second-order valence-corrected chi connectivity index (χ2v) is 10.9. The van der Waals surface area contributed by atoms with Crippen LogP contribution in [0.25, 0.3) is 0 Å². The summed E-state index contributed by atoms with van der Waals surface area (Å²) in [7, 11) is -2.40. The molecule has 2 atom stereocenters. The Kier molecular flexibility index (Phi) is 9.58. The quantitative estimate of drug-likeness (QED) is 0.387. The van der Waals surface area contributed by atoms with Crippen molar-refractivity contribution in [1.29, 1.82) is 0 Å². The third-order valence-corrected chi connectivity index (χ3v) is 7.51. The first kappa shape index (κ1) is 27.3. The lowest BCUT2D eigenvalue weighted by Gasteiger charge is -2.30. The lowest BCUT2D eigenvalue weighted by Crippen LogP contribution is -2.51. The number of carbonyl (C=O) groups is 1. The number of carbonyl (C=O) groups excluding carboxylic acids is 1. The second kappa shape index (κ2) is 12.6. The molecule has 2 N–H and O–H groups in total. The van der Waals surface area contributed by atoms with E-state index in [2.05, 4.69) is 10.3 Å². The van der Waals surface area contributed by atoms with Gasteiger partial charge < -0.3 is 15.2 Å². The van der Waals surface area contributed by atoms with Crippen molar-refractivity contribution in [3.8, 4) is 5.75 Å². The number of nitrogens with one attached hydrogen (secondary N) is 1. The summed E-state index contributed by atoms with van der Waals surface area (Å²) in [6.07, 6.45) is 2.17. The fourth-order valence-electron chi connectivity index (χ4n) is 3.81. The van der Waals surface area contributed by atoms with Crippen LogP contribution in [-0.2, 0) is 16.4 Å². The zero-order valence-electron chi connectivity index (χ0n) is 20.7. The van der Waals surface area contributed by atoms with Gasteiger partial charge in [0.1, 0.15) is 5.75 Å². The lowest BCUT2D eigenvalue weighted by molar-refractivity contribution is 0.0775. The summed E-state index contributed by atoms with van der Waals surface area (Å²) < 4.78 is 33.4. The van der Waals surface area contributed by atoms with E-state index in [0.29, 0.717) is 17.7 Å². The fraction of sp³-hybridized carbons (Fsp3) is 0.333. The monoisotopic (exact) mass is 511 g/mol. The van der Waals surface area contributed by atoms with Crippen molar-refractivity contribution in [3.05, 3.63) is 90.3 Å². The molecule has 1 heterocycles. The van der Waals surface area contributed by atoms with Crippen molar-refractivity contribution in [3.63, 3.8) is 0 Å². The largest absolute Gasteiger partial charge is 0.497 e. The maximum atomic E-state index is 13.5. The highest BCUT2D eigenvalue weighted by Crippen LogP contribution is 2.22. The standard InChI is InChI=1S/C27H33N3O5S/c1-20(2)18-30(36(33,34)24-13-11-23(35-3)12-14-24)19-26(31)25(16-21-8-5-4-6-9-21)29-27(32)22-10-7-15-28-17-22/h4-15,17,20,25-26,31H,16,18-19H2,1-3H3,(H,29,32). The van der Waals surface area contributed by atoms with Gasteiger partial charge in [0.15, 0.2) is 0 Å². The van der Waals surface area contributed by atoms with Crippen LogP contribution in [0.4, 0.5) is 0 Å². The molecule has 0 spiro atoms. The van der Waals surface area contributed by atoms with Crippen LogP contribution in [-0.4, -0.2) is 61.1 Å². The fourth-order valence-corrected chi connectivity index (χ4v) is 5.43. The predicted molar refractivity (Wildman–Crippen MR) is 138 cm³/mol. The molecule has 0 aliphatic heterocycles. The molecule has 0 radical (unpaired) electrons. The van der Waals surface area contributed by atoms with Gasteiger partial charge in [-0.1, -0.05) is 44.2 Å². The van der Waals surface area contributed by atoms with Crippen molar-refractivity contribution in [2.24, 2.45) is 5.92 Å². The van der Waals surface area contributed by atoms with E-state index in [4.69, 9.17) is 4.74 Å². The molecule has 9 heteroatoms. The third kappa shape index (κ3) is 7.36. The Labute approximate surface area is 213 Å². The number of hydrogen-bond donors (Lipinski definition) is 2.